The predicted octanol–water partition coefficient (Wildman–Crippen LogP) is -1.33. The van der Waals surface area contributed by atoms with Crippen LogP contribution in [0.1, 0.15) is 6.04 Å². The highest BCUT2D eigenvalue weighted by Gasteiger charge is 2.36. The number of anilines is 1. The van der Waals surface area contributed by atoms with E-state index >= 15 is 0 Å². The maximum Gasteiger partial charge on any atom is 0.350 e. The minimum absolute atomic E-state index is 0.0714. The van der Waals surface area contributed by atoms with Gasteiger partial charge in [-0.1, -0.05) is 17.7 Å². The molecule has 0 aliphatic heterocycles. The summed E-state index contributed by atoms with van der Waals surface area (Å²) < 4.78 is 1.06. The molecule has 0 radical (unpaired) electrons. The van der Waals surface area contributed by atoms with Crippen LogP contribution in [0.4, 0.5) is 5.82 Å². The van der Waals surface area contributed by atoms with E-state index in [0.29, 0.717) is 0 Å². The van der Waals surface area contributed by atoms with Crippen LogP contribution in [-0.4, -0.2) is 43.7 Å². The fraction of sp³-hybridized carbons (Fsp3) is 0.400. The Morgan fingerprint density at radius 2 is 2.17 bits per heavy atom. The second-order valence-electron chi connectivity index (χ2n) is 3.99. The molecule has 7 nitrogen and oxygen atoms in total. The molecule has 1 aliphatic carbocycles. The lowest BCUT2D eigenvalue weighted by Crippen LogP contribution is -2.35. The number of aliphatic hydroxyl groups excluding tert-OH is 3. The lowest BCUT2D eigenvalue weighted by molar-refractivity contribution is 0.0272. The van der Waals surface area contributed by atoms with E-state index in [-0.39, 0.29) is 16.4 Å². The molecule has 2 rings (SSSR count). The molecule has 1 heterocycles. The first kappa shape index (κ1) is 13.0. The van der Waals surface area contributed by atoms with Crippen LogP contribution in [0, 0.1) is 0 Å². The highest BCUT2D eigenvalue weighted by atomic mass is 35.5. The van der Waals surface area contributed by atoms with Gasteiger partial charge >= 0.3 is 5.69 Å². The van der Waals surface area contributed by atoms with Crippen LogP contribution >= 0.6 is 11.6 Å². The van der Waals surface area contributed by atoms with Crippen LogP contribution in [0.5, 0.6) is 0 Å². The molecule has 0 amide bonds. The van der Waals surface area contributed by atoms with E-state index < -0.39 is 30.5 Å². The summed E-state index contributed by atoms with van der Waals surface area (Å²) in [4.78, 5) is 15.2. The van der Waals surface area contributed by atoms with Crippen LogP contribution in [0.15, 0.2) is 22.6 Å². The first-order chi connectivity index (χ1) is 8.45. The number of hydrogen-bond acceptors (Lipinski definition) is 6. The number of aliphatic hydroxyl groups is 3. The normalized spacial score (nSPS) is 27.3. The Labute approximate surface area is 107 Å². The second kappa shape index (κ2) is 4.69. The lowest BCUT2D eigenvalue weighted by atomic mass is 10.1. The average molecular weight is 274 g/mol. The fourth-order valence-corrected chi connectivity index (χ4v) is 2.03. The number of nitrogens with two attached hydrogens (primary N) is 1. The Bertz CT molecular complexity index is 557. The van der Waals surface area contributed by atoms with Crippen LogP contribution < -0.4 is 11.4 Å². The molecule has 0 fully saturated rings. The summed E-state index contributed by atoms with van der Waals surface area (Å²) in [6, 6.07) is -0.833. The molecule has 0 saturated heterocycles. The van der Waals surface area contributed by atoms with E-state index in [0.717, 1.165) is 4.57 Å². The molecule has 1 aromatic rings. The van der Waals surface area contributed by atoms with Crippen molar-refractivity contribution in [1.82, 2.24) is 9.55 Å². The number of halogens is 1. The number of nitrogen functional groups attached to an aromatic ring is 1. The van der Waals surface area contributed by atoms with Crippen molar-refractivity contribution in [2.24, 2.45) is 0 Å². The van der Waals surface area contributed by atoms with Gasteiger partial charge in [0.25, 0.3) is 0 Å². The zero-order valence-electron chi connectivity index (χ0n) is 9.19. The number of nitrogens with zero attached hydrogens (tertiary/aromatic N) is 2. The first-order valence-corrected chi connectivity index (χ1v) is 5.55. The second-order valence-corrected chi connectivity index (χ2v) is 4.40. The van der Waals surface area contributed by atoms with Gasteiger partial charge in [-0.05, 0) is 5.57 Å². The summed E-state index contributed by atoms with van der Waals surface area (Å²) in [5, 5.41) is 28.5. The zero-order valence-corrected chi connectivity index (χ0v) is 9.95. The third kappa shape index (κ3) is 2.01. The van der Waals surface area contributed by atoms with Crippen molar-refractivity contribution in [2.45, 2.75) is 18.2 Å². The van der Waals surface area contributed by atoms with E-state index in [1.54, 1.807) is 0 Å². The minimum Gasteiger partial charge on any atom is -0.392 e. The average Bonchev–Trinajstić information content (AvgIpc) is 2.61. The van der Waals surface area contributed by atoms with Crippen molar-refractivity contribution in [3.05, 3.63) is 33.4 Å². The summed E-state index contributed by atoms with van der Waals surface area (Å²) >= 11 is 5.76. The van der Waals surface area contributed by atoms with E-state index in [1.165, 1.54) is 12.3 Å². The molecule has 0 spiro atoms. The quantitative estimate of drug-likeness (QED) is 0.496. The number of rotatable bonds is 2. The van der Waals surface area contributed by atoms with Gasteiger partial charge in [0.2, 0.25) is 0 Å². The third-order valence-electron chi connectivity index (χ3n) is 2.88. The highest BCUT2D eigenvalue weighted by molar-refractivity contribution is 6.32. The Kier molecular flexibility index (Phi) is 3.40. The summed E-state index contributed by atoms with van der Waals surface area (Å²) in [5.74, 6) is -0.0997. The van der Waals surface area contributed by atoms with Gasteiger partial charge < -0.3 is 21.1 Å². The van der Waals surface area contributed by atoms with Gasteiger partial charge in [-0.15, -0.1) is 0 Å². The standard InChI is InChI=1S/C10H12ClN3O4/c11-5-2-14(10(18)13-9(5)12)6-1-4(3-15)7(16)8(6)17/h1-2,6-8,15-17H,3H2,(H2,12,13,18)/t6-,7-,8+/m1/s1. The third-order valence-corrected chi connectivity index (χ3v) is 3.17. The topological polar surface area (TPSA) is 122 Å². The number of hydrogen-bond donors (Lipinski definition) is 4. The lowest BCUT2D eigenvalue weighted by Gasteiger charge is -2.19. The Balaban J connectivity index is 2.47. The molecule has 0 bridgehead atoms. The smallest absolute Gasteiger partial charge is 0.350 e. The van der Waals surface area contributed by atoms with Gasteiger partial charge in [-0.3, -0.25) is 4.57 Å². The molecule has 1 aliphatic rings. The van der Waals surface area contributed by atoms with Crippen molar-refractivity contribution in [2.75, 3.05) is 12.3 Å². The molecule has 0 aromatic carbocycles. The van der Waals surface area contributed by atoms with Crippen molar-refractivity contribution < 1.29 is 15.3 Å². The van der Waals surface area contributed by atoms with E-state index in [4.69, 9.17) is 22.4 Å². The van der Waals surface area contributed by atoms with Crippen LogP contribution in [0.3, 0.4) is 0 Å². The molecular weight excluding hydrogens is 262 g/mol. The van der Waals surface area contributed by atoms with Gasteiger partial charge in [0.1, 0.15) is 18.0 Å². The van der Waals surface area contributed by atoms with Gasteiger partial charge in [-0.25, -0.2) is 4.79 Å². The van der Waals surface area contributed by atoms with Crippen molar-refractivity contribution in [3.8, 4) is 0 Å². The molecule has 8 heteroatoms. The predicted molar refractivity (Wildman–Crippen MR) is 64.1 cm³/mol. The van der Waals surface area contributed by atoms with Crippen molar-refractivity contribution in [1.29, 1.82) is 0 Å². The molecule has 98 valence electrons. The number of aromatic nitrogens is 2. The maximum absolute atomic E-state index is 11.7. The molecule has 1 aromatic heterocycles. The fourth-order valence-electron chi connectivity index (χ4n) is 1.88. The summed E-state index contributed by atoms with van der Waals surface area (Å²) in [6.07, 6.45) is 0.184. The summed E-state index contributed by atoms with van der Waals surface area (Å²) in [6.45, 7) is -0.403. The van der Waals surface area contributed by atoms with Gasteiger partial charge in [0, 0.05) is 6.20 Å². The molecule has 3 atom stereocenters. The molecule has 5 N–H and O–H groups in total. The largest absolute Gasteiger partial charge is 0.392 e. The van der Waals surface area contributed by atoms with E-state index in [9.17, 15) is 15.0 Å². The monoisotopic (exact) mass is 273 g/mol. The SMILES string of the molecule is Nc1nc(=O)n([C@@H]2C=C(CO)[C@@H](O)[C@H]2O)cc1Cl. The van der Waals surface area contributed by atoms with Crippen molar-refractivity contribution in [3.63, 3.8) is 0 Å². The highest BCUT2D eigenvalue weighted by Crippen LogP contribution is 2.29. The van der Waals surface area contributed by atoms with Crippen molar-refractivity contribution >= 4 is 17.4 Å². The Morgan fingerprint density at radius 1 is 1.50 bits per heavy atom. The summed E-state index contributed by atoms with van der Waals surface area (Å²) in [5.41, 5.74) is 4.93. The first-order valence-electron chi connectivity index (χ1n) is 5.17. The van der Waals surface area contributed by atoms with Gasteiger partial charge in [-0.2, -0.15) is 4.98 Å². The summed E-state index contributed by atoms with van der Waals surface area (Å²) in [7, 11) is 0. The molecule has 0 saturated carbocycles. The van der Waals surface area contributed by atoms with E-state index in [1.807, 2.05) is 0 Å². The maximum atomic E-state index is 11.7. The molecule has 0 unspecified atom stereocenters. The molecular formula is C10H12ClN3O4. The van der Waals surface area contributed by atoms with Crippen LogP contribution in [0.25, 0.3) is 0 Å². The van der Waals surface area contributed by atoms with Gasteiger partial charge in [0.05, 0.1) is 17.7 Å². The Morgan fingerprint density at radius 3 is 2.72 bits per heavy atom. The molecule has 18 heavy (non-hydrogen) atoms. The van der Waals surface area contributed by atoms with Gasteiger partial charge in [0.15, 0.2) is 0 Å². The zero-order chi connectivity index (χ0) is 13.4. The Hall–Kier alpha value is -1.41. The van der Waals surface area contributed by atoms with Crippen LogP contribution in [-0.2, 0) is 0 Å². The van der Waals surface area contributed by atoms with E-state index in [2.05, 4.69) is 4.98 Å². The van der Waals surface area contributed by atoms with Crippen LogP contribution in [0.2, 0.25) is 5.02 Å². The minimum atomic E-state index is -1.24.